The quantitative estimate of drug-likeness (QED) is 0.707. The van der Waals surface area contributed by atoms with Crippen molar-refractivity contribution < 1.29 is 17.9 Å². The lowest BCUT2D eigenvalue weighted by Crippen LogP contribution is -2.42. The fourth-order valence-corrected chi connectivity index (χ4v) is 2.97. The normalized spacial score (nSPS) is 21.4. The molecule has 0 spiro atoms. The zero-order chi connectivity index (χ0) is 12.9. The van der Waals surface area contributed by atoms with Gasteiger partial charge in [-0.2, -0.15) is 12.7 Å². The molecule has 1 rings (SSSR count). The molecule has 1 aliphatic heterocycles. The van der Waals surface area contributed by atoms with E-state index in [1.807, 2.05) is 4.72 Å². The smallest absolute Gasteiger partial charge is 0.421 e. The number of rotatable bonds is 5. The SMILES string of the molecule is CCOC(=O)NS(=O)(=O)N1CCC(CCN)C1. The molecule has 1 amide bonds. The largest absolute Gasteiger partial charge is 0.449 e. The van der Waals surface area contributed by atoms with Crippen molar-refractivity contribution in [1.29, 1.82) is 0 Å². The van der Waals surface area contributed by atoms with Crippen LogP contribution in [-0.4, -0.2) is 45.1 Å². The number of hydrogen-bond donors (Lipinski definition) is 2. The Morgan fingerprint density at radius 1 is 1.59 bits per heavy atom. The first-order valence-electron chi connectivity index (χ1n) is 5.64. The highest BCUT2D eigenvalue weighted by molar-refractivity contribution is 7.87. The molecule has 0 aromatic rings. The summed E-state index contributed by atoms with van der Waals surface area (Å²) in [6.07, 6.45) is 0.640. The molecule has 1 fully saturated rings. The Morgan fingerprint density at radius 2 is 2.29 bits per heavy atom. The zero-order valence-electron chi connectivity index (χ0n) is 9.89. The van der Waals surface area contributed by atoms with Crippen LogP contribution in [0, 0.1) is 5.92 Å². The first-order valence-corrected chi connectivity index (χ1v) is 7.08. The second kappa shape index (κ2) is 6.18. The average Bonchev–Trinajstić information content (AvgIpc) is 2.67. The first kappa shape index (κ1) is 14.2. The van der Waals surface area contributed by atoms with Gasteiger partial charge < -0.3 is 10.5 Å². The fourth-order valence-electron chi connectivity index (χ4n) is 1.82. The number of amides is 1. The second-order valence-electron chi connectivity index (χ2n) is 3.92. The molecule has 0 saturated carbocycles. The standard InChI is InChI=1S/C9H19N3O4S/c1-2-16-9(13)11-17(14,15)12-6-4-8(7-12)3-5-10/h8H,2-7,10H2,1H3,(H,11,13). The lowest BCUT2D eigenvalue weighted by atomic mass is 10.1. The Balaban J connectivity index is 2.52. The van der Waals surface area contributed by atoms with Crippen molar-refractivity contribution >= 4 is 16.3 Å². The molecule has 17 heavy (non-hydrogen) atoms. The van der Waals surface area contributed by atoms with E-state index in [1.54, 1.807) is 6.92 Å². The van der Waals surface area contributed by atoms with Gasteiger partial charge in [0.15, 0.2) is 0 Å². The molecule has 7 nitrogen and oxygen atoms in total. The highest BCUT2D eigenvalue weighted by Crippen LogP contribution is 2.20. The summed E-state index contributed by atoms with van der Waals surface area (Å²) in [5.74, 6) is 0.277. The van der Waals surface area contributed by atoms with Crippen LogP contribution in [0.4, 0.5) is 4.79 Å². The summed E-state index contributed by atoms with van der Waals surface area (Å²) in [5.41, 5.74) is 5.43. The number of ether oxygens (including phenoxy) is 1. The Bertz CT molecular complexity index is 357. The van der Waals surface area contributed by atoms with Crippen LogP contribution in [0.15, 0.2) is 0 Å². The van der Waals surface area contributed by atoms with Crippen LogP contribution in [0.1, 0.15) is 19.8 Å². The summed E-state index contributed by atoms with van der Waals surface area (Å²) in [4.78, 5) is 11.1. The molecule has 1 atom stereocenters. The third kappa shape index (κ3) is 4.14. The number of nitrogens with two attached hydrogens (primary N) is 1. The minimum absolute atomic E-state index is 0.136. The van der Waals surface area contributed by atoms with Gasteiger partial charge in [-0.3, -0.25) is 0 Å². The summed E-state index contributed by atoms with van der Waals surface area (Å²) < 4.78 is 31.2. The molecule has 0 bridgehead atoms. The van der Waals surface area contributed by atoms with Gasteiger partial charge in [0.1, 0.15) is 0 Å². The predicted octanol–water partition coefficient (Wildman–Crippen LogP) is -0.352. The highest BCUT2D eigenvalue weighted by atomic mass is 32.2. The second-order valence-corrected chi connectivity index (χ2v) is 5.59. The Hall–Kier alpha value is -0.860. The van der Waals surface area contributed by atoms with E-state index in [-0.39, 0.29) is 12.5 Å². The Morgan fingerprint density at radius 3 is 2.88 bits per heavy atom. The predicted molar refractivity (Wildman–Crippen MR) is 62.4 cm³/mol. The molecule has 100 valence electrons. The molecule has 0 aliphatic carbocycles. The molecule has 0 aromatic carbocycles. The number of hydrogen-bond acceptors (Lipinski definition) is 5. The molecule has 1 saturated heterocycles. The minimum Gasteiger partial charge on any atom is -0.449 e. The first-order chi connectivity index (χ1) is 7.99. The molecular formula is C9H19N3O4S. The van der Waals surface area contributed by atoms with Gasteiger partial charge in [-0.1, -0.05) is 0 Å². The lowest BCUT2D eigenvalue weighted by molar-refractivity contribution is 0.158. The molecule has 1 heterocycles. The molecule has 1 unspecified atom stereocenters. The highest BCUT2D eigenvalue weighted by Gasteiger charge is 2.32. The van der Waals surface area contributed by atoms with Crippen LogP contribution in [0.2, 0.25) is 0 Å². The summed E-state index contributed by atoms with van der Waals surface area (Å²) in [6.45, 7) is 3.12. The summed E-state index contributed by atoms with van der Waals surface area (Å²) in [7, 11) is -3.76. The minimum atomic E-state index is -3.76. The van der Waals surface area contributed by atoms with E-state index in [9.17, 15) is 13.2 Å². The van der Waals surface area contributed by atoms with Gasteiger partial charge in [-0.25, -0.2) is 9.52 Å². The van der Waals surface area contributed by atoms with Gasteiger partial charge in [-0.05, 0) is 32.2 Å². The van der Waals surface area contributed by atoms with E-state index in [1.165, 1.54) is 4.31 Å². The van der Waals surface area contributed by atoms with Crippen molar-refractivity contribution in [3.05, 3.63) is 0 Å². The van der Waals surface area contributed by atoms with Crippen LogP contribution in [-0.2, 0) is 14.9 Å². The van der Waals surface area contributed by atoms with Crippen LogP contribution in [0.25, 0.3) is 0 Å². The van der Waals surface area contributed by atoms with Gasteiger partial charge in [0.2, 0.25) is 0 Å². The Kier molecular flexibility index (Phi) is 5.16. The van der Waals surface area contributed by atoms with E-state index in [0.717, 1.165) is 12.8 Å². The molecule has 1 aliphatic rings. The van der Waals surface area contributed by atoms with Crippen LogP contribution < -0.4 is 10.5 Å². The monoisotopic (exact) mass is 265 g/mol. The van der Waals surface area contributed by atoms with Crippen molar-refractivity contribution in [2.75, 3.05) is 26.2 Å². The van der Waals surface area contributed by atoms with E-state index in [0.29, 0.717) is 19.6 Å². The van der Waals surface area contributed by atoms with Gasteiger partial charge >= 0.3 is 16.3 Å². The van der Waals surface area contributed by atoms with Crippen molar-refractivity contribution in [1.82, 2.24) is 9.03 Å². The number of nitrogens with zero attached hydrogens (tertiary/aromatic N) is 1. The molecule has 0 aromatic heterocycles. The number of nitrogens with one attached hydrogen (secondary N) is 1. The summed E-state index contributed by atoms with van der Waals surface area (Å²) in [5, 5.41) is 0. The maximum absolute atomic E-state index is 11.8. The Labute approximate surface area is 101 Å². The lowest BCUT2D eigenvalue weighted by Gasteiger charge is -2.16. The van der Waals surface area contributed by atoms with E-state index in [4.69, 9.17) is 5.73 Å². The van der Waals surface area contributed by atoms with Crippen LogP contribution >= 0.6 is 0 Å². The van der Waals surface area contributed by atoms with E-state index in [2.05, 4.69) is 4.74 Å². The van der Waals surface area contributed by atoms with Crippen molar-refractivity contribution in [3.63, 3.8) is 0 Å². The molecule has 8 heteroatoms. The van der Waals surface area contributed by atoms with Crippen molar-refractivity contribution in [2.24, 2.45) is 11.7 Å². The fraction of sp³-hybridized carbons (Fsp3) is 0.889. The maximum atomic E-state index is 11.8. The average molecular weight is 265 g/mol. The maximum Gasteiger partial charge on any atom is 0.421 e. The van der Waals surface area contributed by atoms with Crippen LogP contribution in [0.3, 0.4) is 0 Å². The van der Waals surface area contributed by atoms with E-state index >= 15 is 0 Å². The molecule has 0 radical (unpaired) electrons. The number of carbonyl (C=O) groups excluding carboxylic acids is 1. The van der Waals surface area contributed by atoms with Gasteiger partial charge in [-0.15, -0.1) is 0 Å². The third-order valence-electron chi connectivity index (χ3n) is 2.65. The summed E-state index contributed by atoms with van der Waals surface area (Å²) in [6, 6.07) is 0. The van der Waals surface area contributed by atoms with Crippen LogP contribution in [0.5, 0.6) is 0 Å². The van der Waals surface area contributed by atoms with Crippen molar-refractivity contribution in [2.45, 2.75) is 19.8 Å². The zero-order valence-corrected chi connectivity index (χ0v) is 10.7. The number of carbonyl (C=O) groups is 1. The van der Waals surface area contributed by atoms with Crippen molar-refractivity contribution in [3.8, 4) is 0 Å². The third-order valence-corrected chi connectivity index (χ3v) is 4.09. The molecule has 3 N–H and O–H groups in total. The summed E-state index contributed by atoms with van der Waals surface area (Å²) >= 11 is 0. The van der Waals surface area contributed by atoms with Gasteiger partial charge in [0.25, 0.3) is 0 Å². The molecular weight excluding hydrogens is 246 g/mol. The van der Waals surface area contributed by atoms with E-state index < -0.39 is 16.3 Å². The van der Waals surface area contributed by atoms with Gasteiger partial charge in [0.05, 0.1) is 6.61 Å². The van der Waals surface area contributed by atoms with Gasteiger partial charge in [0, 0.05) is 13.1 Å². The topological polar surface area (TPSA) is 102 Å².